The average molecular weight is 367 g/mol. The molecule has 0 heterocycles. The number of hydrogen-bond acceptors (Lipinski definition) is 4. The summed E-state index contributed by atoms with van der Waals surface area (Å²) in [5.74, 6) is 1.77. The van der Waals surface area contributed by atoms with Gasteiger partial charge in [-0.05, 0) is 44.2 Å². The van der Waals surface area contributed by atoms with Crippen molar-refractivity contribution < 1.29 is 13.6 Å². The molecule has 0 bridgehead atoms. The molecule has 1 unspecified atom stereocenters. The molecule has 4 nitrogen and oxygen atoms in total. The first-order valence-electron chi connectivity index (χ1n) is 9.46. The van der Waals surface area contributed by atoms with Crippen LogP contribution in [-0.4, -0.2) is 19.3 Å². The second-order valence-corrected chi connectivity index (χ2v) is 7.86. The molecule has 0 saturated heterocycles. The Labute approximate surface area is 153 Å². The molecule has 0 radical (unpaired) electrons. The Hall–Kier alpha value is -0.930. The summed E-state index contributed by atoms with van der Waals surface area (Å²) in [5, 5.41) is 3.60. The molecule has 1 aromatic carbocycles. The van der Waals surface area contributed by atoms with Crippen LogP contribution < -0.4 is 5.32 Å². The number of nitrogens with one attached hydrogen (secondary N) is 1. The Morgan fingerprint density at radius 1 is 1.12 bits per heavy atom. The molecule has 142 valence electrons. The lowest BCUT2D eigenvalue weighted by molar-refractivity contribution is 0.228. The molecule has 1 atom stereocenters. The van der Waals surface area contributed by atoms with Gasteiger partial charge >= 0.3 is 7.60 Å². The molecule has 0 aromatic heterocycles. The van der Waals surface area contributed by atoms with Crippen LogP contribution in [0.4, 0.5) is 0 Å². The Morgan fingerprint density at radius 3 is 2.28 bits per heavy atom. The Bertz CT molecular complexity index is 535. The summed E-state index contributed by atoms with van der Waals surface area (Å²) in [5.41, 5.74) is 2.37. The third-order valence-corrected chi connectivity index (χ3v) is 5.90. The normalized spacial score (nSPS) is 13.8. The average Bonchev–Trinajstić information content (AvgIpc) is 2.61. The minimum absolute atomic E-state index is 0.168. The van der Waals surface area contributed by atoms with E-state index in [4.69, 9.17) is 9.05 Å². The van der Waals surface area contributed by atoms with Gasteiger partial charge in [0.1, 0.15) is 0 Å². The second-order valence-electron chi connectivity index (χ2n) is 6.01. The van der Waals surface area contributed by atoms with Crippen LogP contribution in [0.25, 0.3) is 0 Å². The van der Waals surface area contributed by atoms with E-state index in [2.05, 4.69) is 31.3 Å². The van der Waals surface area contributed by atoms with E-state index in [0.717, 1.165) is 37.8 Å². The molecule has 1 N–H and O–H groups in total. The van der Waals surface area contributed by atoms with Crippen LogP contribution in [0.2, 0.25) is 0 Å². The smallest absolute Gasteiger partial charge is 0.306 e. The zero-order valence-electron chi connectivity index (χ0n) is 16.2. The highest BCUT2D eigenvalue weighted by molar-refractivity contribution is 7.57. The van der Waals surface area contributed by atoms with Crippen molar-refractivity contribution in [1.82, 2.24) is 5.32 Å². The number of rotatable bonds is 13. The number of hydrogen-bond donors (Lipinski definition) is 1. The van der Waals surface area contributed by atoms with Crippen molar-refractivity contribution >= 4 is 7.60 Å². The molecular weight excluding hydrogens is 333 g/mol. The van der Waals surface area contributed by atoms with E-state index in [-0.39, 0.29) is 6.04 Å². The molecule has 0 spiro atoms. The van der Waals surface area contributed by atoms with Crippen molar-refractivity contribution in [2.24, 2.45) is 0 Å². The molecule has 5 heteroatoms. The van der Waals surface area contributed by atoms with Crippen molar-refractivity contribution in [1.29, 1.82) is 0 Å². The van der Waals surface area contributed by atoms with Gasteiger partial charge < -0.3 is 14.4 Å². The molecule has 0 fully saturated rings. The molecular formula is C20H34NO3P. The molecule has 1 rings (SSSR count). The summed E-state index contributed by atoms with van der Waals surface area (Å²) in [7, 11) is -3.18. The molecule has 1 aromatic rings. The van der Waals surface area contributed by atoms with E-state index in [1.165, 1.54) is 5.56 Å². The fraction of sp³-hybridized carbons (Fsp3) is 0.600. The highest BCUT2D eigenvalue weighted by Crippen LogP contribution is 2.51. The Morgan fingerprint density at radius 2 is 1.76 bits per heavy atom. The van der Waals surface area contributed by atoms with Gasteiger partial charge in [0, 0.05) is 18.4 Å². The maximum Gasteiger partial charge on any atom is 0.354 e. The highest BCUT2D eigenvalue weighted by atomic mass is 31.2. The standard InChI is InChI=1S/C20H34NO3P/c1-5-9-15-19(17-25(22,23-7-3)24-8-4)20(6-2)21-16-18-13-11-10-12-14-18/h10-14,17,20-21H,5-9,15-16H2,1-4H3/b19-17+. The number of unbranched alkanes of at least 4 members (excludes halogenated alkanes) is 1. The SMILES string of the molecule is CCCC/C(=C\P(=O)(OCC)OCC)C(CC)NCc1ccccc1. The summed E-state index contributed by atoms with van der Waals surface area (Å²) < 4.78 is 23.9. The minimum atomic E-state index is -3.18. The fourth-order valence-electron chi connectivity index (χ4n) is 2.76. The monoisotopic (exact) mass is 367 g/mol. The van der Waals surface area contributed by atoms with E-state index in [1.807, 2.05) is 32.0 Å². The zero-order valence-corrected chi connectivity index (χ0v) is 17.1. The van der Waals surface area contributed by atoms with E-state index in [9.17, 15) is 4.57 Å². The van der Waals surface area contributed by atoms with Gasteiger partial charge in [-0.3, -0.25) is 4.57 Å². The first kappa shape index (κ1) is 22.1. The zero-order chi connectivity index (χ0) is 18.5. The maximum atomic E-state index is 12.9. The third kappa shape index (κ3) is 8.33. The minimum Gasteiger partial charge on any atom is -0.306 e. The summed E-state index contributed by atoms with van der Waals surface area (Å²) in [4.78, 5) is 0. The van der Waals surface area contributed by atoms with Crippen LogP contribution in [-0.2, 0) is 20.2 Å². The van der Waals surface area contributed by atoms with Crippen molar-refractivity contribution in [2.45, 2.75) is 66.0 Å². The lowest BCUT2D eigenvalue weighted by atomic mass is 10.0. The second kappa shape index (κ2) is 12.4. The molecule has 0 aliphatic rings. The third-order valence-electron chi connectivity index (χ3n) is 4.01. The lowest BCUT2D eigenvalue weighted by Gasteiger charge is -2.23. The summed E-state index contributed by atoms with van der Waals surface area (Å²) in [6, 6.07) is 10.5. The predicted molar refractivity (Wildman–Crippen MR) is 106 cm³/mol. The van der Waals surface area contributed by atoms with E-state index >= 15 is 0 Å². The molecule has 0 saturated carbocycles. The van der Waals surface area contributed by atoms with Gasteiger partial charge in [0.2, 0.25) is 0 Å². The summed E-state index contributed by atoms with van der Waals surface area (Å²) >= 11 is 0. The topological polar surface area (TPSA) is 47.6 Å². The largest absolute Gasteiger partial charge is 0.354 e. The quantitative estimate of drug-likeness (QED) is 0.441. The highest BCUT2D eigenvalue weighted by Gasteiger charge is 2.24. The van der Waals surface area contributed by atoms with Crippen molar-refractivity contribution in [3.63, 3.8) is 0 Å². The molecule has 0 aliphatic heterocycles. The van der Waals surface area contributed by atoms with E-state index < -0.39 is 7.60 Å². The molecule has 25 heavy (non-hydrogen) atoms. The Kier molecular flexibility index (Phi) is 11.0. The van der Waals surface area contributed by atoms with Crippen LogP contribution in [0.1, 0.15) is 58.9 Å². The lowest BCUT2D eigenvalue weighted by Crippen LogP contribution is -2.30. The van der Waals surface area contributed by atoms with Gasteiger partial charge in [-0.25, -0.2) is 0 Å². The van der Waals surface area contributed by atoms with Crippen LogP contribution >= 0.6 is 7.60 Å². The van der Waals surface area contributed by atoms with Gasteiger partial charge in [-0.1, -0.05) is 50.6 Å². The maximum absolute atomic E-state index is 12.9. The van der Waals surface area contributed by atoms with Crippen molar-refractivity contribution in [3.8, 4) is 0 Å². The molecule has 0 amide bonds. The van der Waals surface area contributed by atoms with E-state index in [1.54, 1.807) is 5.82 Å². The van der Waals surface area contributed by atoms with Crippen LogP contribution in [0, 0.1) is 0 Å². The Balaban J connectivity index is 2.95. The summed E-state index contributed by atoms with van der Waals surface area (Å²) in [6.07, 6.45) is 4.00. The van der Waals surface area contributed by atoms with Gasteiger partial charge in [-0.2, -0.15) is 0 Å². The first-order valence-corrected chi connectivity index (χ1v) is 11.1. The number of benzene rings is 1. The predicted octanol–water partition coefficient (Wildman–Crippen LogP) is 5.90. The van der Waals surface area contributed by atoms with Crippen LogP contribution in [0.3, 0.4) is 0 Å². The van der Waals surface area contributed by atoms with Gasteiger partial charge in [0.05, 0.1) is 13.2 Å². The first-order chi connectivity index (χ1) is 12.1. The van der Waals surface area contributed by atoms with Crippen molar-refractivity contribution in [2.75, 3.05) is 13.2 Å². The van der Waals surface area contributed by atoms with Gasteiger partial charge in [0.25, 0.3) is 0 Å². The van der Waals surface area contributed by atoms with Crippen molar-refractivity contribution in [3.05, 3.63) is 47.3 Å². The van der Waals surface area contributed by atoms with Crippen LogP contribution in [0.15, 0.2) is 41.7 Å². The summed E-state index contributed by atoms with van der Waals surface area (Å²) in [6.45, 7) is 9.55. The fourth-order valence-corrected chi connectivity index (χ4v) is 4.42. The van der Waals surface area contributed by atoms with Crippen LogP contribution in [0.5, 0.6) is 0 Å². The van der Waals surface area contributed by atoms with E-state index in [0.29, 0.717) is 13.2 Å². The van der Waals surface area contributed by atoms with Gasteiger partial charge in [-0.15, -0.1) is 0 Å². The molecule has 0 aliphatic carbocycles. The van der Waals surface area contributed by atoms with Gasteiger partial charge in [0.15, 0.2) is 0 Å².